The number of carbonyl (C=O) groups excluding carboxylic acids is 2. The summed E-state index contributed by atoms with van der Waals surface area (Å²) in [6.45, 7) is 7.35. The van der Waals surface area contributed by atoms with E-state index < -0.39 is 0 Å². The molecule has 0 bridgehead atoms. The fourth-order valence-corrected chi connectivity index (χ4v) is 3.32. The van der Waals surface area contributed by atoms with Crippen LogP contribution in [-0.2, 0) is 10.2 Å². The zero-order valence-corrected chi connectivity index (χ0v) is 17.0. The van der Waals surface area contributed by atoms with E-state index in [9.17, 15) is 9.59 Å². The van der Waals surface area contributed by atoms with Crippen LogP contribution in [0.5, 0.6) is 11.5 Å². The molecule has 3 rings (SSSR count). The highest BCUT2D eigenvalue weighted by atomic mass is 32.2. The second-order valence-corrected chi connectivity index (χ2v) is 8.41. The highest BCUT2D eigenvalue weighted by Gasteiger charge is 2.24. The van der Waals surface area contributed by atoms with Crippen molar-refractivity contribution in [3.8, 4) is 11.5 Å². The second-order valence-electron chi connectivity index (χ2n) is 7.40. The number of ether oxygens (including phenoxy) is 2. The standard InChI is InChI=1S/C22H23NO4S/c1-22(2,3)16-7-9-17(10-8-16)26-11-12-27-18-6-4-5-15(13-18)14-19-20(24)23-21(25)28-19/h4-10,13-14H,11-12H2,1-3H3,(H,23,24,25)/b19-14+. The Morgan fingerprint density at radius 1 is 0.964 bits per heavy atom. The van der Waals surface area contributed by atoms with Crippen molar-refractivity contribution in [1.82, 2.24) is 5.32 Å². The first-order valence-corrected chi connectivity index (χ1v) is 9.84. The van der Waals surface area contributed by atoms with Gasteiger partial charge in [0.2, 0.25) is 0 Å². The van der Waals surface area contributed by atoms with E-state index in [-0.39, 0.29) is 16.6 Å². The quantitative estimate of drug-likeness (QED) is 0.562. The number of rotatable bonds is 6. The first kappa shape index (κ1) is 20.0. The topological polar surface area (TPSA) is 64.6 Å². The van der Waals surface area contributed by atoms with Crippen LogP contribution in [0.4, 0.5) is 4.79 Å². The molecular formula is C22H23NO4S. The van der Waals surface area contributed by atoms with Gasteiger partial charge in [-0.15, -0.1) is 0 Å². The largest absolute Gasteiger partial charge is 0.490 e. The SMILES string of the molecule is CC(C)(C)c1ccc(OCCOc2cccc(/C=C3/SC(=O)NC3=O)c2)cc1. The summed E-state index contributed by atoms with van der Waals surface area (Å²) in [5, 5.41) is 1.89. The van der Waals surface area contributed by atoms with Crippen molar-refractivity contribution in [2.24, 2.45) is 0 Å². The predicted molar refractivity (Wildman–Crippen MR) is 112 cm³/mol. The molecule has 6 heteroatoms. The number of carbonyl (C=O) groups is 2. The third-order valence-corrected chi connectivity index (χ3v) is 4.95. The lowest BCUT2D eigenvalue weighted by Crippen LogP contribution is -2.17. The molecule has 2 aromatic rings. The van der Waals surface area contributed by atoms with E-state index in [0.717, 1.165) is 23.1 Å². The summed E-state index contributed by atoms with van der Waals surface area (Å²) in [6.07, 6.45) is 1.67. The smallest absolute Gasteiger partial charge is 0.290 e. The third kappa shape index (κ3) is 5.39. The normalized spacial score (nSPS) is 15.6. The van der Waals surface area contributed by atoms with Crippen LogP contribution in [0.3, 0.4) is 0 Å². The zero-order valence-electron chi connectivity index (χ0n) is 16.2. The maximum absolute atomic E-state index is 11.6. The van der Waals surface area contributed by atoms with E-state index in [1.165, 1.54) is 5.56 Å². The summed E-state index contributed by atoms with van der Waals surface area (Å²) in [6, 6.07) is 15.5. The van der Waals surface area contributed by atoms with Crippen molar-refractivity contribution < 1.29 is 19.1 Å². The molecule has 2 amide bonds. The Morgan fingerprint density at radius 2 is 1.64 bits per heavy atom. The summed E-state index contributed by atoms with van der Waals surface area (Å²) in [7, 11) is 0. The minimum atomic E-state index is -0.368. The summed E-state index contributed by atoms with van der Waals surface area (Å²) >= 11 is 0.897. The van der Waals surface area contributed by atoms with E-state index in [1.807, 2.05) is 36.4 Å². The number of benzene rings is 2. The number of thioether (sulfide) groups is 1. The monoisotopic (exact) mass is 397 g/mol. The number of hydrogen-bond donors (Lipinski definition) is 1. The van der Waals surface area contributed by atoms with Crippen molar-refractivity contribution in [2.75, 3.05) is 13.2 Å². The third-order valence-electron chi connectivity index (χ3n) is 4.14. The van der Waals surface area contributed by atoms with E-state index in [1.54, 1.807) is 6.08 Å². The molecule has 0 aliphatic carbocycles. The number of amides is 2. The highest BCUT2D eigenvalue weighted by Crippen LogP contribution is 2.27. The molecule has 5 nitrogen and oxygen atoms in total. The van der Waals surface area contributed by atoms with E-state index in [0.29, 0.717) is 23.9 Å². The van der Waals surface area contributed by atoms with Gasteiger partial charge in [-0.1, -0.05) is 45.0 Å². The van der Waals surface area contributed by atoms with Crippen LogP contribution in [0.2, 0.25) is 0 Å². The van der Waals surface area contributed by atoms with Gasteiger partial charge in [-0.3, -0.25) is 14.9 Å². The lowest BCUT2D eigenvalue weighted by molar-refractivity contribution is -0.115. The van der Waals surface area contributed by atoms with E-state index >= 15 is 0 Å². The number of nitrogens with one attached hydrogen (secondary N) is 1. The average Bonchev–Trinajstić information content (AvgIpc) is 2.96. The van der Waals surface area contributed by atoms with Crippen LogP contribution in [0.1, 0.15) is 31.9 Å². The molecule has 2 aromatic carbocycles. The first-order valence-electron chi connectivity index (χ1n) is 9.02. The summed E-state index contributed by atoms with van der Waals surface area (Å²) < 4.78 is 11.5. The molecule has 1 fully saturated rings. The molecule has 1 heterocycles. The Bertz CT molecular complexity index is 897. The van der Waals surface area contributed by atoms with Crippen molar-refractivity contribution in [1.29, 1.82) is 0 Å². The Labute approximate surface area is 169 Å². The molecule has 1 aliphatic rings. The van der Waals surface area contributed by atoms with Gasteiger partial charge < -0.3 is 9.47 Å². The minimum absolute atomic E-state index is 0.118. The van der Waals surface area contributed by atoms with Gasteiger partial charge in [0.15, 0.2) is 0 Å². The van der Waals surface area contributed by atoms with Gasteiger partial charge in [0.1, 0.15) is 24.7 Å². The van der Waals surface area contributed by atoms with Crippen molar-refractivity contribution in [3.05, 3.63) is 64.6 Å². The molecule has 28 heavy (non-hydrogen) atoms. The molecule has 0 unspecified atom stereocenters. The molecule has 0 aromatic heterocycles. The fourth-order valence-electron chi connectivity index (χ4n) is 2.64. The Balaban J connectivity index is 1.51. The number of hydrogen-bond acceptors (Lipinski definition) is 5. The molecule has 0 atom stereocenters. The average molecular weight is 397 g/mol. The minimum Gasteiger partial charge on any atom is -0.490 e. The van der Waals surface area contributed by atoms with Gasteiger partial charge in [-0.2, -0.15) is 0 Å². The molecule has 1 N–H and O–H groups in total. The summed E-state index contributed by atoms with van der Waals surface area (Å²) in [5.74, 6) is 1.12. The molecule has 1 aliphatic heterocycles. The van der Waals surface area contributed by atoms with Crippen LogP contribution < -0.4 is 14.8 Å². The lowest BCUT2D eigenvalue weighted by Gasteiger charge is -2.19. The maximum atomic E-state index is 11.6. The van der Waals surface area contributed by atoms with E-state index in [2.05, 4.69) is 38.2 Å². The first-order chi connectivity index (χ1) is 13.3. The molecule has 0 saturated carbocycles. The number of imide groups is 1. The van der Waals surface area contributed by atoms with Gasteiger partial charge in [0, 0.05) is 0 Å². The van der Waals surface area contributed by atoms with Crippen molar-refractivity contribution in [2.45, 2.75) is 26.2 Å². The maximum Gasteiger partial charge on any atom is 0.290 e. The van der Waals surface area contributed by atoms with Gasteiger partial charge in [0.05, 0.1) is 4.91 Å². The van der Waals surface area contributed by atoms with Crippen molar-refractivity contribution >= 4 is 29.0 Å². The summed E-state index contributed by atoms with van der Waals surface area (Å²) in [5.41, 5.74) is 2.17. The molecular weight excluding hydrogens is 374 g/mol. The van der Waals surface area contributed by atoms with Crippen LogP contribution in [0, 0.1) is 0 Å². The summed E-state index contributed by atoms with van der Waals surface area (Å²) in [4.78, 5) is 23.2. The van der Waals surface area contributed by atoms with Gasteiger partial charge in [0.25, 0.3) is 11.1 Å². The van der Waals surface area contributed by atoms with Crippen LogP contribution >= 0.6 is 11.8 Å². The second kappa shape index (κ2) is 8.52. The van der Waals surface area contributed by atoms with Crippen molar-refractivity contribution in [3.63, 3.8) is 0 Å². The van der Waals surface area contributed by atoms with Gasteiger partial charge in [-0.25, -0.2) is 0 Å². The zero-order chi connectivity index (χ0) is 20.1. The predicted octanol–water partition coefficient (Wildman–Crippen LogP) is 4.77. The Morgan fingerprint density at radius 3 is 2.25 bits per heavy atom. The fraction of sp³-hybridized carbons (Fsp3) is 0.273. The van der Waals surface area contributed by atoms with E-state index in [4.69, 9.17) is 9.47 Å². The Hall–Kier alpha value is -2.73. The van der Waals surface area contributed by atoms with Crippen LogP contribution in [0.15, 0.2) is 53.4 Å². The molecule has 0 radical (unpaired) electrons. The van der Waals surface area contributed by atoms with Crippen LogP contribution in [0.25, 0.3) is 6.08 Å². The highest BCUT2D eigenvalue weighted by molar-refractivity contribution is 8.18. The molecule has 1 saturated heterocycles. The van der Waals surface area contributed by atoms with Gasteiger partial charge in [-0.05, 0) is 58.6 Å². The lowest BCUT2D eigenvalue weighted by atomic mass is 9.87. The molecule has 0 spiro atoms. The molecule has 146 valence electrons. The van der Waals surface area contributed by atoms with Gasteiger partial charge >= 0.3 is 0 Å². The Kier molecular flexibility index (Phi) is 6.09. The van der Waals surface area contributed by atoms with Crippen LogP contribution in [-0.4, -0.2) is 24.4 Å².